The van der Waals surface area contributed by atoms with Gasteiger partial charge in [-0.2, -0.15) is 0 Å². The first kappa shape index (κ1) is 15.7. The van der Waals surface area contributed by atoms with Gasteiger partial charge in [-0.1, -0.05) is 60.7 Å². The maximum atomic E-state index is 3.51. The molecule has 3 N–H and O–H groups in total. The molecule has 0 saturated carbocycles. The van der Waals surface area contributed by atoms with Gasteiger partial charge in [-0.25, -0.2) is 0 Å². The summed E-state index contributed by atoms with van der Waals surface area (Å²) in [5.41, 5.74) is 2.79. The van der Waals surface area contributed by atoms with E-state index in [1.165, 1.54) is 36.9 Å². The van der Waals surface area contributed by atoms with Crippen LogP contribution in [-0.4, -0.2) is 13.1 Å². The summed E-state index contributed by atoms with van der Waals surface area (Å²) in [6.45, 7) is 4.44. The zero-order valence-corrected chi connectivity index (χ0v) is 12.8. The van der Waals surface area contributed by atoms with E-state index in [1.54, 1.807) is 0 Å². The van der Waals surface area contributed by atoms with Gasteiger partial charge in [-0.3, -0.25) is 0 Å². The Morgan fingerprint density at radius 3 is 2.10 bits per heavy atom. The minimum Gasteiger partial charge on any atom is -0.343 e. The van der Waals surface area contributed by atoms with Crippen molar-refractivity contribution in [1.29, 1.82) is 0 Å². The van der Waals surface area contributed by atoms with E-state index in [0.717, 1.165) is 19.6 Å². The van der Waals surface area contributed by atoms with Crippen molar-refractivity contribution in [2.24, 2.45) is 0 Å². The van der Waals surface area contributed by atoms with Crippen molar-refractivity contribution >= 4 is 0 Å². The molecule has 0 spiro atoms. The number of nitrogens with two attached hydrogens (primary N) is 1. The predicted molar refractivity (Wildman–Crippen MR) is 88.9 cm³/mol. The lowest BCUT2D eigenvalue weighted by atomic mass is 10.2. The van der Waals surface area contributed by atoms with Gasteiger partial charge in [-0.05, 0) is 31.4 Å². The average Bonchev–Trinajstić information content (AvgIpc) is 2.55. The van der Waals surface area contributed by atoms with Crippen molar-refractivity contribution in [2.75, 3.05) is 13.1 Å². The highest BCUT2D eigenvalue weighted by atomic mass is 14.9. The highest BCUT2D eigenvalue weighted by Gasteiger charge is 1.95. The second-order valence-corrected chi connectivity index (χ2v) is 5.49. The van der Waals surface area contributed by atoms with Crippen molar-refractivity contribution in [3.8, 4) is 0 Å². The fourth-order valence-electron chi connectivity index (χ4n) is 2.43. The Hall–Kier alpha value is -1.64. The first-order valence-electron chi connectivity index (χ1n) is 8.05. The van der Waals surface area contributed by atoms with Crippen molar-refractivity contribution in [2.45, 2.75) is 32.4 Å². The quantitative estimate of drug-likeness (QED) is 0.645. The zero-order chi connectivity index (χ0) is 14.6. The average molecular weight is 283 g/mol. The molecule has 21 heavy (non-hydrogen) atoms. The Bertz CT molecular complexity index is 422. The van der Waals surface area contributed by atoms with Crippen LogP contribution in [0.1, 0.15) is 30.4 Å². The molecule has 0 radical (unpaired) electrons. The summed E-state index contributed by atoms with van der Waals surface area (Å²) < 4.78 is 0. The predicted octanol–water partition coefficient (Wildman–Crippen LogP) is 2.71. The van der Waals surface area contributed by atoms with Crippen LogP contribution in [0.3, 0.4) is 0 Å². The molecule has 2 nitrogen and oxygen atoms in total. The number of nitrogens with one attached hydrogen (secondary N) is 1. The molecule has 0 aliphatic heterocycles. The van der Waals surface area contributed by atoms with Crippen LogP contribution in [-0.2, 0) is 13.1 Å². The van der Waals surface area contributed by atoms with Crippen LogP contribution in [0.2, 0.25) is 0 Å². The number of unbranched alkanes of at least 4 members (excludes halogenated alkanes) is 2. The van der Waals surface area contributed by atoms with E-state index in [1.807, 2.05) is 0 Å². The van der Waals surface area contributed by atoms with Gasteiger partial charge in [0.25, 0.3) is 0 Å². The Morgan fingerprint density at radius 1 is 0.714 bits per heavy atom. The van der Waals surface area contributed by atoms with Crippen LogP contribution < -0.4 is 10.6 Å². The summed E-state index contributed by atoms with van der Waals surface area (Å²) in [5.74, 6) is 0. The fraction of sp³-hybridized carbons (Fsp3) is 0.368. The van der Waals surface area contributed by atoms with Gasteiger partial charge in [0.05, 0.1) is 6.54 Å². The summed E-state index contributed by atoms with van der Waals surface area (Å²) in [4.78, 5) is 0. The molecule has 2 aromatic carbocycles. The first-order chi connectivity index (χ1) is 10.4. The normalized spacial score (nSPS) is 10.7. The zero-order valence-electron chi connectivity index (χ0n) is 12.8. The molecule has 0 heterocycles. The molecule has 0 aromatic heterocycles. The number of benzene rings is 2. The van der Waals surface area contributed by atoms with Gasteiger partial charge in [0.2, 0.25) is 0 Å². The first-order valence-corrected chi connectivity index (χ1v) is 8.05. The molecular weight excluding hydrogens is 256 g/mol. The summed E-state index contributed by atoms with van der Waals surface area (Å²) in [6.07, 6.45) is 3.89. The van der Waals surface area contributed by atoms with Crippen molar-refractivity contribution in [3.63, 3.8) is 0 Å². The Kier molecular flexibility index (Phi) is 7.60. The lowest BCUT2D eigenvalue weighted by Crippen LogP contribution is -2.82. The van der Waals surface area contributed by atoms with Crippen LogP contribution in [0.15, 0.2) is 60.7 Å². The number of rotatable bonds is 10. The monoisotopic (exact) mass is 283 g/mol. The number of hydrogen-bond donors (Lipinski definition) is 2. The molecule has 0 atom stereocenters. The van der Waals surface area contributed by atoms with E-state index < -0.39 is 0 Å². The van der Waals surface area contributed by atoms with Crippen LogP contribution >= 0.6 is 0 Å². The number of hydrogen-bond acceptors (Lipinski definition) is 1. The largest absolute Gasteiger partial charge is 0.343 e. The highest BCUT2D eigenvalue weighted by molar-refractivity contribution is 5.14. The van der Waals surface area contributed by atoms with E-state index in [2.05, 4.69) is 71.3 Å². The van der Waals surface area contributed by atoms with Crippen LogP contribution in [0.5, 0.6) is 0 Å². The van der Waals surface area contributed by atoms with E-state index in [-0.39, 0.29) is 0 Å². The molecule has 0 aliphatic carbocycles. The molecule has 0 saturated heterocycles. The van der Waals surface area contributed by atoms with Crippen molar-refractivity contribution < 1.29 is 5.32 Å². The molecule has 112 valence electrons. The standard InChI is InChI=1S/C19H26N2/c1-4-10-18(11-5-1)16-20-14-8-3-9-15-21-17-19-12-6-2-7-13-19/h1-2,4-7,10-13,20-21H,3,8-9,14-17H2/p+1. The Labute approximate surface area is 128 Å². The smallest absolute Gasteiger partial charge is 0.101 e. The molecule has 0 unspecified atom stereocenters. The second-order valence-electron chi connectivity index (χ2n) is 5.49. The van der Waals surface area contributed by atoms with Crippen molar-refractivity contribution in [3.05, 3.63) is 71.8 Å². The summed E-state index contributed by atoms with van der Waals surface area (Å²) in [6, 6.07) is 21.3. The van der Waals surface area contributed by atoms with Gasteiger partial charge in [0, 0.05) is 12.1 Å². The lowest BCUT2D eigenvalue weighted by Gasteiger charge is -2.05. The third kappa shape index (κ3) is 7.07. The molecule has 0 bridgehead atoms. The van der Waals surface area contributed by atoms with Crippen LogP contribution in [0.4, 0.5) is 0 Å². The minimum absolute atomic E-state index is 0.987. The van der Waals surface area contributed by atoms with E-state index in [9.17, 15) is 0 Å². The maximum absolute atomic E-state index is 3.51. The summed E-state index contributed by atoms with van der Waals surface area (Å²) >= 11 is 0. The van der Waals surface area contributed by atoms with Gasteiger partial charge in [0.15, 0.2) is 0 Å². The van der Waals surface area contributed by atoms with Crippen LogP contribution in [0.25, 0.3) is 0 Å². The third-order valence-corrected chi connectivity index (χ3v) is 3.66. The summed E-state index contributed by atoms with van der Waals surface area (Å²) in [5, 5.41) is 5.92. The van der Waals surface area contributed by atoms with Gasteiger partial charge >= 0.3 is 0 Å². The Morgan fingerprint density at radius 2 is 1.38 bits per heavy atom. The van der Waals surface area contributed by atoms with Crippen molar-refractivity contribution in [1.82, 2.24) is 5.32 Å². The van der Waals surface area contributed by atoms with Crippen LogP contribution in [0, 0.1) is 0 Å². The molecule has 2 aromatic rings. The van der Waals surface area contributed by atoms with E-state index in [0.29, 0.717) is 0 Å². The summed E-state index contributed by atoms with van der Waals surface area (Å²) in [7, 11) is 0. The van der Waals surface area contributed by atoms with E-state index in [4.69, 9.17) is 0 Å². The molecule has 0 amide bonds. The molecule has 2 heteroatoms. The third-order valence-electron chi connectivity index (χ3n) is 3.66. The molecule has 2 rings (SSSR count). The maximum Gasteiger partial charge on any atom is 0.101 e. The topological polar surface area (TPSA) is 28.6 Å². The SMILES string of the molecule is c1ccc(CNCCCCC[NH2+]Cc2ccccc2)cc1. The Balaban J connectivity index is 1.40. The second kappa shape index (κ2) is 10.1. The highest BCUT2D eigenvalue weighted by Crippen LogP contribution is 1.98. The molecule has 0 aliphatic rings. The number of quaternary nitrogens is 1. The molecular formula is C19H27N2+. The van der Waals surface area contributed by atoms with Gasteiger partial charge in [0.1, 0.15) is 6.54 Å². The van der Waals surface area contributed by atoms with Gasteiger partial charge in [-0.15, -0.1) is 0 Å². The van der Waals surface area contributed by atoms with Gasteiger partial charge < -0.3 is 10.6 Å². The van der Waals surface area contributed by atoms with E-state index >= 15 is 0 Å². The fourth-order valence-corrected chi connectivity index (χ4v) is 2.43. The minimum atomic E-state index is 0.987. The lowest BCUT2D eigenvalue weighted by molar-refractivity contribution is -0.671. The molecule has 0 fully saturated rings.